The number of benzene rings is 1. The molecule has 1 N–H and O–H groups in total. The van der Waals surface area contributed by atoms with E-state index in [9.17, 15) is 14.4 Å². The second kappa shape index (κ2) is 7.39. The van der Waals surface area contributed by atoms with Gasteiger partial charge in [-0.15, -0.1) is 0 Å². The van der Waals surface area contributed by atoms with Gasteiger partial charge in [0.1, 0.15) is 12.1 Å². The van der Waals surface area contributed by atoms with Crippen molar-refractivity contribution in [1.82, 2.24) is 30.0 Å². The van der Waals surface area contributed by atoms with Crippen LogP contribution in [0, 0.1) is 11.3 Å². The molecular formula is C22H17N7O3. The Kier molecular flexibility index (Phi) is 4.52. The van der Waals surface area contributed by atoms with E-state index in [1.807, 2.05) is 18.2 Å². The van der Waals surface area contributed by atoms with Gasteiger partial charge in [-0.05, 0) is 29.7 Å². The number of fused-ring (bicyclic) bond motifs is 1. The van der Waals surface area contributed by atoms with Crippen LogP contribution in [-0.2, 0) is 23.2 Å². The molecule has 3 amide bonds. The number of nitriles is 1. The number of aryl methyl sites for hydroxylation is 1. The topological polar surface area (TPSA) is 134 Å². The predicted octanol–water partition coefficient (Wildman–Crippen LogP) is 1.18. The normalized spacial score (nSPS) is 17.8. The zero-order valence-electron chi connectivity index (χ0n) is 17.1. The van der Waals surface area contributed by atoms with Crippen LogP contribution in [0.1, 0.15) is 34.6 Å². The van der Waals surface area contributed by atoms with Crippen molar-refractivity contribution in [1.29, 1.82) is 5.26 Å². The van der Waals surface area contributed by atoms with Crippen LogP contribution in [-0.4, -0.2) is 48.4 Å². The fraction of sp³-hybridized carbons (Fsp3) is 0.227. The predicted molar refractivity (Wildman–Crippen MR) is 110 cm³/mol. The lowest BCUT2D eigenvalue weighted by molar-refractivity contribution is -0.136. The number of rotatable bonds is 3. The van der Waals surface area contributed by atoms with Crippen molar-refractivity contribution in [2.24, 2.45) is 7.05 Å². The minimum absolute atomic E-state index is 0.0852. The first-order chi connectivity index (χ1) is 15.5. The van der Waals surface area contributed by atoms with E-state index in [2.05, 4.69) is 20.4 Å². The lowest BCUT2D eigenvalue weighted by atomic mass is 9.99. The smallest absolute Gasteiger partial charge is 0.255 e. The number of amides is 3. The molecule has 0 radical (unpaired) electrons. The van der Waals surface area contributed by atoms with Crippen LogP contribution in [0.5, 0.6) is 0 Å². The Morgan fingerprint density at radius 2 is 1.88 bits per heavy atom. The molecule has 1 aromatic carbocycles. The number of nitrogens with one attached hydrogen (secondary N) is 1. The zero-order valence-corrected chi connectivity index (χ0v) is 17.1. The molecule has 0 saturated carbocycles. The van der Waals surface area contributed by atoms with Gasteiger partial charge in [0.2, 0.25) is 17.6 Å². The number of carbonyl (C=O) groups is 3. The van der Waals surface area contributed by atoms with E-state index in [0.717, 1.165) is 22.4 Å². The third kappa shape index (κ3) is 3.11. The van der Waals surface area contributed by atoms with Gasteiger partial charge in [0.15, 0.2) is 0 Å². The van der Waals surface area contributed by atoms with E-state index in [0.29, 0.717) is 24.1 Å². The maximum absolute atomic E-state index is 12.9. The van der Waals surface area contributed by atoms with Crippen LogP contribution in [0.2, 0.25) is 0 Å². The van der Waals surface area contributed by atoms with Crippen molar-refractivity contribution in [2.45, 2.75) is 25.4 Å². The molecule has 1 atom stereocenters. The van der Waals surface area contributed by atoms with Crippen LogP contribution < -0.4 is 5.32 Å². The molecule has 5 rings (SSSR count). The largest absolute Gasteiger partial charge is 0.322 e. The number of aromatic nitrogens is 4. The molecule has 1 fully saturated rings. The molecule has 0 aliphatic carbocycles. The zero-order chi connectivity index (χ0) is 22.4. The first-order valence-corrected chi connectivity index (χ1v) is 9.98. The molecule has 2 aliphatic rings. The maximum Gasteiger partial charge on any atom is 0.255 e. The van der Waals surface area contributed by atoms with Crippen molar-refractivity contribution in [3.8, 4) is 28.5 Å². The summed E-state index contributed by atoms with van der Waals surface area (Å²) in [5, 5.41) is 15.6. The third-order valence-electron chi connectivity index (χ3n) is 5.80. The first kappa shape index (κ1) is 19.6. The summed E-state index contributed by atoms with van der Waals surface area (Å²) < 4.78 is 1.70. The summed E-state index contributed by atoms with van der Waals surface area (Å²) in [4.78, 5) is 46.2. The molecular weight excluding hydrogens is 410 g/mol. The lowest BCUT2D eigenvalue weighted by Crippen LogP contribution is -2.52. The van der Waals surface area contributed by atoms with Gasteiger partial charge in [-0.1, -0.05) is 6.07 Å². The third-order valence-corrected chi connectivity index (χ3v) is 5.80. The summed E-state index contributed by atoms with van der Waals surface area (Å²) in [6.45, 7) is 0.295. The number of imide groups is 1. The highest BCUT2D eigenvalue weighted by atomic mass is 16.2. The Morgan fingerprint density at radius 3 is 2.59 bits per heavy atom. The van der Waals surface area contributed by atoms with E-state index >= 15 is 0 Å². The van der Waals surface area contributed by atoms with Gasteiger partial charge in [-0.2, -0.15) is 10.4 Å². The molecule has 0 bridgehead atoms. The standard InChI is InChI=1S/C22H17N7O3/c1-28-20(14-8-24-18(7-23)25-9-14)16(10-26-28)12-2-3-15-13(6-12)11-29(22(15)32)17-4-5-19(30)27-21(17)31/h2-3,6,8-10,17H,4-5,11H2,1H3,(H,27,30,31)/t17-/m0/s1. The van der Waals surface area contributed by atoms with E-state index in [1.54, 1.807) is 36.4 Å². The molecule has 4 heterocycles. The molecule has 3 aromatic rings. The Labute approximate surface area is 182 Å². The number of carbonyl (C=O) groups excluding carboxylic acids is 3. The first-order valence-electron chi connectivity index (χ1n) is 9.98. The highest BCUT2D eigenvalue weighted by molar-refractivity contribution is 6.05. The summed E-state index contributed by atoms with van der Waals surface area (Å²) >= 11 is 0. The Hall–Kier alpha value is -4.39. The lowest BCUT2D eigenvalue weighted by Gasteiger charge is -2.29. The minimum Gasteiger partial charge on any atom is -0.322 e. The molecule has 10 heteroatoms. The van der Waals surface area contributed by atoms with Gasteiger partial charge >= 0.3 is 0 Å². The average molecular weight is 427 g/mol. The van der Waals surface area contributed by atoms with Gasteiger partial charge < -0.3 is 4.90 Å². The average Bonchev–Trinajstić information content (AvgIpc) is 3.33. The van der Waals surface area contributed by atoms with Crippen molar-refractivity contribution >= 4 is 17.7 Å². The van der Waals surface area contributed by atoms with Crippen molar-refractivity contribution in [3.05, 3.63) is 53.7 Å². The molecule has 1 saturated heterocycles. The highest BCUT2D eigenvalue weighted by Gasteiger charge is 2.39. The van der Waals surface area contributed by atoms with Gasteiger partial charge in [0, 0.05) is 49.1 Å². The number of nitrogens with zero attached hydrogens (tertiary/aromatic N) is 6. The quantitative estimate of drug-likeness (QED) is 0.620. The maximum atomic E-state index is 12.9. The molecule has 2 aliphatic heterocycles. The van der Waals surface area contributed by atoms with E-state index < -0.39 is 11.9 Å². The fourth-order valence-electron chi connectivity index (χ4n) is 4.24. The summed E-state index contributed by atoms with van der Waals surface area (Å²) in [5.41, 5.74) is 4.53. The minimum atomic E-state index is -0.652. The number of piperidine rings is 1. The Bertz CT molecular complexity index is 1320. The van der Waals surface area contributed by atoms with E-state index in [4.69, 9.17) is 5.26 Å². The summed E-state index contributed by atoms with van der Waals surface area (Å²) in [6.07, 6.45) is 5.42. The summed E-state index contributed by atoms with van der Waals surface area (Å²) in [7, 11) is 1.80. The Morgan fingerprint density at radius 1 is 1.09 bits per heavy atom. The molecule has 2 aromatic heterocycles. The van der Waals surface area contributed by atoms with E-state index in [1.165, 1.54) is 4.90 Å². The van der Waals surface area contributed by atoms with E-state index in [-0.39, 0.29) is 24.1 Å². The monoisotopic (exact) mass is 427 g/mol. The number of hydrogen-bond donors (Lipinski definition) is 1. The van der Waals surface area contributed by atoms with Crippen LogP contribution in [0.4, 0.5) is 0 Å². The summed E-state index contributed by atoms with van der Waals surface area (Å²) in [6, 6.07) is 6.77. The SMILES string of the molecule is Cn1ncc(-c2ccc3c(c2)CN([C@H]2CCC(=O)NC2=O)C3=O)c1-c1cnc(C#N)nc1. The van der Waals surface area contributed by atoms with Crippen molar-refractivity contribution in [2.75, 3.05) is 0 Å². The van der Waals surface area contributed by atoms with Gasteiger partial charge in [-0.3, -0.25) is 24.4 Å². The van der Waals surface area contributed by atoms with Crippen LogP contribution in [0.25, 0.3) is 22.4 Å². The molecule has 0 unspecified atom stereocenters. The van der Waals surface area contributed by atoms with Crippen LogP contribution in [0.3, 0.4) is 0 Å². The van der Waals surface area contributed by atoms with Crippen LogP contribution >= 0.6 is 0 Å². The number of hydrogen-bond acceptors (Lipinski definition) is 7. The van der Waals surface area contributed by atoms with Crippen LogP contribution in [0.15, 0.2) is 36.8 Å². The summed E-state index contributed by atoms with van der Waals surface area (Å²) in [5.74, 6) is -0.874. The molecule has 10 nitrogen and oxygen atoms in total. The molecule has 158 valence electrons. The highest BCUT2D eigenvalue weighted by Crippen LogP contribution is 2.35. The van der Waals surface area contributed by atoms with Crippen molar-refractivity contribution < 1.29 is 14.4 Å². The van der Waals surface area contributed by atoms with Crippen molar-refractivity contribution in [3.63, 3.8) is 0 Å². The second-order valence-corrected chi connectivity index (χ2v) is 7.71. The van der Waals surface area contributed by atoms with Gasteiger partial charge in [0.05, 0.1) is 11.9 Å². The second-order valence-electron chi connectivity index (χ2n) is 7.71. The fourth-order valence-corrected chi connectivity index (χ4v) is 4.24. The molecule has 0 spiro atoms. The Balaban J connectivity index is 1.48. The van der Waals surface area contributed by atoms with Gasteiger partial charge in [0.25, 0.3) is 5.91 Å². The molecule has 32 heavy (non-hydrogen) atoms. The van der Waals surface area contributed by atoms with Gasteiger partial charge in [-0.25, -0.2) is 9.97 Å².